The van der Waals surface area contributed by atoms with Crippen LogP contribution in [0.3, 0.4) is 0 Å². The van der Waals surface area contributed by atoms with E-state index in [0.29, 0.717) is 0 Å². The number of nitrogens with one attached hydrogen (secondary N) is 1. The highest BCUT2D eigenvalue weighted by Gasteiger charge is 2.11. The molecule has 0 saturated heterocycles. The minimum absolute atomic E-state index is 0.290. The van der Waals surface area contributed by atoms with Crippen LogP contribution in [0.5, 0.6) is 11.5 Å². The van der Waals surface area contributed by atoms with Gasteiger partial charge in [-0.25, -0.2) is 0 Å². The Hall–Kier alpha value is -1.52. The highest BCUT2D eigenvalue weighted by molar-refractivity contribution is 9.10. The lowest BCUT2D eigenvalue weighted by Crippen LogP contribution is -2.18. The lowest BCUT2D eigenvalue weighted by Gasteiger charge is -2.16. The SMILES string of the molecule is COc1cc(CNC(C)c2ccccc2)cc(Br)c1OC. The number of halogens is 1. The van der Waals surface area contributed by atoms with E-state index >= 15 is 0 Å². The summed E-state index contributed by atoms with van der Waals surface area (Å²) >= 11 is 3.52. The summed E-state index contributed by atoms with van der Waals surface area (Å²) in [4.78, 5) is 0. The smallest absolute Gasteiger partial charge is 0.174 e. The van der Waals surface area contributed by atoms with E-state index in [-0.39, 0.29) is 6.04 Å². The molecule has 0 bridgehead atoms. The van der Waals surface area contributed by atoms with Gasteiger partial charge in [-0.15, -0.1) is 0 Å². The maximum atomic E-state index is 5.37. The van der Waals surface area contributed by atoms with E-state index in [2.05, 4.69) is 52.4 Å². The average Bonchev–Trinajstić information content (AvgIpc) is 2.52. The number of methoxy groups -OCH3 is 2. The fraction of sp³-hybridized carbons (Fsp3) is 0.294. The minimum atomic E-state index is 0.290. The zero-order valence-electron chi connectivity index (χ0n) is 12.5. The van der Waals surface area contributed by atoms with Crippen molar-refractivity contribution >= 4 is 15.9 Å². The van der Waals surface area contributed by atoms with Crippen molar-refractivity contribution in [3.05, 3.63) is 58.1 Å². The standard InChI is InChI=1S/C17H20BrNO2/c1-12(14-7-5-4-6-8-14)19-11-13-9-15(18)17(21-3)16(10-13)20-2/h4-10,12,19H,11H2,1-3H3. The van der Waals surface area contributed by atoms with Crippen LogP contribution in [-0.4, -0.2) is 14.2 Å². The second-order valence-electron chi connectivity index (χ2n) is 4.83. The predicted molar refractivity (Wildman–Crippen MR) is 88.9 cm³/mol. The summed E-state index contributed by atoms with van der Waals surface area (Å²) in [6, 6.07) is 14.7. The largest absolute Gasteiger partial charge is 0.493 e. The van der Waals surface area contributed by atoms with Gasteiger partial charge < -0.3 is 14.8 Å². The fourth-order valence-electron chi connectivity index (χ4n) is 2.20. The van der Waals surface area contributed by atoms with Crippen molar-refractivity contribution in [2.45, 2.75) is 19.5 Å². The van der Waals surface area contributed by atoms with Crippen LogP contribution in [-0.2, 0) is 6.54 Å². The van der Waals surface area contributed by atoms with Gasteiger partial charge in [0, 0.05) is 12.6 Å². The fourth-order valence-corrected chi connectivity index (χ4v) is 2.86. The number of benzene rings is 2. The number of rotatable bonds is 6. The predicted octanol–water partition coefficient (Wildman–Crippen LogP) is 4.32. The molecule has 1 unspecified atom stereocenters. The van der Waals surface area contributed by atoms with Crippen LogP contribution < -0.4 is 14.8 Å². The van der Waals surface area contributed by atoms with Crippen LogP contribution in [0.2, 0.25) is 0 Å². The number of hydrogen-bond donors (Lipinski definition) is 1. The Bertz CT molecular complexity index is 587. The first kappa shape index (κ1) is 15.9. The zero-order valence-corrected chi connectivity index (χ0v) is 14.1. The van der Waals surface area contributed by atoms with Gasteiger partial charge >= 0.3 is 0 Å². The van der Waals surface area contributed by atoms with Gasteiger partial charge in [0.05, 0.1) is 18.7 Å². The van der Waals surface area contributed by atoms with Gasteiger partial charge in [0.1, 0.15) is 0 Å². The van der Waals surface area contributed by atoms with E-state index in [0.717, 1.165) is 28.1 Å². The van der Waals surface area contributed by atoms with Gasteiger partial charge in [0.2, 0.25) is 0 Å². The Balaban J connectivity index is 2.08. The van der Waals surface area contributed by atoms with E-state index < -0.39 is 0 Å². The normalized spacial score (nSPS) is 12.0. The summed E-state index contributed by atoms with van der Waals surface area (Å²) in [7, 11) is 3.28. The van der Waals surface area contributed by atoms with Crippen molar-refractivity contribution in [3.8, 4) is 11.5 Å². The molecular formula is C17H20BrNO2. The molecule has 1 N–H and O–H groups in total. The quantitative estimate of drug-likeness (QED) is 0.842. The summed E-state index contributed by atoms with van der Waals surface area (Å²) in [6.07, 6.45) is 0. The summed E-state index contributed by atoms with van der Waals surface area (Å²) in [5.74, 6) is 1.45. The molecule has 2 rings (SSSR count). The van der Waals surface area contributed by atoms with Crippen molar-refractivity contribution in [2.24, 2.45) is 0 Å². The van der Waals surface area contributed by atoms with E-state index in [1.807, 2.05) is 18.2 Å². The topological polar surface area (TPSA) is 30.5 Å². The van der Waals surface area contributed by atoms with Gasteiger partial charge in [-0.3, -0.25) is 0 Å². The summed E-state index contributed by atoms with van der Waals surface area (Å²) in [5, 5.41) is 3.51. The number of hydrogen-bond acceptors (Lipinski definition) is 3. The molecule has 112 valence electrons. The van der Waals surface area contributed by atoms with Gasteiger partial charge in [-0.2, -0.15) is 0 Å². The summed E-state index contributed by atoms with van der Waals surface area (Å²) < 4.78 is 11.6. The Morgan fingerprint density at radius 2 is 1.81 bits per heavy atom. The first-order valence-corrected chi connectivity index (χ1v) is 7.63. The molecule has 4 heteroatoms. The van der Waals surface area contributed by atoms with E-state index in [1.54, 1.807) is 14.2 Å². The summed E-state index contributed by atoms with van der Waals surface area (Å²) in [5.41, 5.74) is 2.42. The molecule has 3 nitrogen and oxygen atoms in total. The maximum Gasteiger partial charge on any atom is 0.174 e. The lowest BCUT2D eigenvalue weighted by atomic mass is 10.1. The molecule has 2 aromatic carbocycles. The molecule has 1 atom stereocenters. The molecule has 0 aromatic heterocycles. The Kier molecular flexibility index (Phi) is 5.65. The van der Waals surface area contributed by atoms with Crippen LogP contribution in [0, 0.1) is 0 Å². The molecule has 21 heavy (non-hydrogen) atoms. The molecule has 0 fully saturated rings. The molecule has 0 saturated carbocycles. The van der Waals surface area contributed by atoms with E-state index in [9.17, 15) is 0 Å². The maximum absolute atomic E-state index is 5.37. The molecular weight excluding hydrogens is 330 g/mol. The highest BCUT2D eigenvalue weighted by Crippen LogP contribution is 2.36. The van der Waals surface area contributed by atoms with Crippen LogP contribution in [0.4, 0.5) is 0 Å². The van der Waals surface area contributed by atoms with Crippen molar-refractivity contribution < 1.29 is 9.47 Å². The van der Waals surface area contributed by atoms with Crippen LogP contribution in [0.25, 0.3) is 0 Å². The van der Waals surface area contributed by atoms with Crippen molar-refractivity contribution in [3.63, 3.8) is 0 Å². The Morgan fingerprint density at radius 1 is 1.10 bits per heavy atom. The second-order valence-corrected chi connectivity index (χ2v) is 5.68. The van der Waals surface area contributed by atoms with Crippen LogP contribution >= 0.6 is 15.9 Å². The molecule has 0 amide bonds. The Morgan fingerprint density at radius 3 is 2.43 bits per heavy atom. The molecule has 0 heterocycles. The third-order valence-electron chi connectivity index (χ3n) is 3.41. The van der Waals surface area contributed by atoms with Gasteiger partial charge in [0.25, 0.3) is 0 Å². The van der Waals surface area contributed by atoms with E-state index in [4.69, 9.17) is 9.47 Å². The third-order valence-corrected chi connectivity index (χ3v) is 3.99. The monoisotopic (exact) mass is 349 g/mol. The highest BCUT2D eigenvalue weighted by atomic mass is 79.9. The van der Waals surface area contributed by atoms with Crippen LogP contribution in [0.1, 0.15) is 24.1 Å². The minimum Gasteiger partial charge on any atom is -0.493 e. The van der Waals surface area contributed by atoms with Crippen molar-refractivity contribution in [1.29, 1.82) is 0 Å². The first-order chi connectivity index (χ1) is 10.2. The molecule has 2 aromatic rings. The zero-order chi connectivity index (χ0) is 15.2. The first-order valence-electron chi connectivity index (χ1n) is 6.84. The molecule has 0 aliphatic carbocycles. The lowest BCUT2D eigenvalue weighted by molar-refractivity contribution is 0.352. The van der Waals surface area contributed by atoms with Gasteiger partial charge in [-0.1, -0.05) is 30.3 Å². The molecule has 0 radical (unpaired) electrons. The average molecular weight is 350 g/mol. The molecule has 0 aliphatic heterocycles. The van der Waals surface area contributed by atoms with Gasteiger partial charge in [0.15, 0.2) is 11.5 Å². The Labute approximate surface area is 134 Å². The summed E-state index contributed by atoms with van der Waals surface area (Å²) in [6.45, 7) is 2.92. The van der Waals surface area contributed by atoms with Crippen molar-refractivity contribution in [2.75, 3.05) is 14.2 Å². The van der Waals surface area contributed by atoms with Crippen molar-refractivity contribution in [1.82, 2.24) is 5.32 Å². The van der Waals surface area contributed by atoms with Crippen LogP contribution in [0.15, 0.2) is 46.9 Å². The molecule has 0 aliphatic rings. The number of ether oxygens (including phenoxy) is 2. The molecule has 0 spiro atoms. The van der Waals surface area contributed by atoms with Gasteiger partial charge in [-0.05, 0) is 46.1 Å². The third kappa shape index (κ3) is 3.99. The second kappa shape index (κ2) is 7.48. The van der Waals surface area contributed by atoms with E-state index in [1.165, 1.54) is 5.56 Å².